The van der Waals surface area contributed by atoms with Crippen LogP contribution in [0.2, 0.25) is 5.02 Å². The van der Waals surface area contributed by atoms with E-state index in [9.17, 15) is 8.42 Å². The predicted molar refractivity (Wildman–Crippen MR) is 92.2 cm³/mol. The Morgan fingerprint density at radius 1 is 1.20 bits per heavy atom. The fourth-order valence-electron chi connectivity index (χ4n) is 3.36. The molecule has 2 aliphatic rings. The van der Waals surface area contributed by atoms with Gasteiger partial charge in [0, 0.05) is 12.5 Å². The molecule has 1 unspecified atom stereocenters. The fourth-order valence-corrected chi connectivity index (χ4v) is 4.19. The highest BCUT2D eigenvalue weighted by Crippen LogP contribution is 2.46. The van der Waals surface area contributed by atoms with E-state index < -0.39 is 10.1 Å². The molecule has 0 radical (unpaired) electrons. The zero-order valence-electron chi connectivity index (χ0n) is 13.2. The maximum atomic E-state index is 11.2. The van der Waals surface area contributed by atoms with Crippen LogP contribution >= 0.6 is 11.6 Å². The van der Waals surface area contributed by atoms with Gasteiger partial charge in [-0.05, 0) is 47.9 Å². The molecule has 2 aliphatic heterocycles. The van der Waals surface area contributed by atoms with E-state index in [-0.39, 0.29) is 17.6 Å². The highest BCUT2D eigenvalue weighted by molar-refractivity contribution is 7.85. The molecule has 1 atom stereocenters. The van der Waals surface area contributed by atoms with Crippen molar-refractivity contribution in [2.75, 3.05) is 19.9 Å². The lowest BCUT2D eigenvalue weighted by molar-refractivity contribution is 0.174. The molecule has 4 rings (SSSR count). The molecule has 0 aromatic heterocycles. The summed E-state index contributed by atoms with van der Waals surface area (Å²) in [5, 5.41) is 3.96. The van der Waals surface area contributed by atoms with Crippen LogP contribution < -0.4 is 14.8 Å². The number of ether oxygens (including phenoxy) is 2. The molecule has 2 aromatic rings. The summed E-state index contributed by atoms with van der Waals surface area (Å²) in [4.78, 5) is -0.123. The Hall–Kier alpha value is -1.80. The van der Waals surface area contributed by atoms with E-state index in [1.165, 1.54) is 12.1 Å². The zero-order chi connectivity index (χ0) is 17.6. The Labute approximate surface area is 150 Å². The summed E-state index contributed by atoms with van der Waals surface area (Å²) in [6.45, 7) is 1.63. The highest BCUT2D eigenvalue weighted by atomic mass is 35.5. The van der Waals surface area contributed by atoms with Crippen molar-refractivity contribution in [2.24, 2.45) is 0 Å². The highest BCUT2D eigenvalue weighted by Gasteiger charge is 2.29. The monoisotopic (exact) mass is 381 g/mol. The second-order valence-corrected chi connectivity index (χ2v) is 7.84. The first-order valence-corrected chi connectivity index (χ1v) is 9.66. The van der Waals surface area contributed by atoms with Gasteiger partial charge in [0.1, 0.15) is 0 Å². The molecule has 8 heteroatoms. The average Bonchev–Trinajstić information content (AvgIpc) is 2.94. The van der Waals surface area contributed by atoms with E-state index in [1.54, 1.807) is 12.1 Å². The quantitative estimate of drug-likeness (QED) is 0.778. The minimum Gasteiger partial charge on any atom is -0.454 e. The van der Waals surface area contributed by atoms with Gasteiger partial charge >= 0.3 is 0 Å². The van der Waals surface area contributed by atoms with E-state index in [0.717, 1.165) is 29.7 Å². The van der Waals surface area contributed by atoms with Gasteiger partial charge in [0.15, 0.2) is 11.5 Å². The third-order valence-electron chi connectivity index (χ3n) is 4.60. The van der Waals surface area contributed by atoms with Crippen LogP contribution in [0, 0.1) is 0 Å². The van der Waals surface area contributed by atoms with Gasteiger partial charge in [-0.1, -0.05) is 23.7 Å². The van der Waals surface area contributed by atoms with Crippen molar-refractivity contribution in [1.82, 2.24) is 5.32 Å². The van der Waals surface area contributed by atoms with E-state index in [0.29, 0.717) is 23.1 Å². The van der Waals surface area contributed by atoms with Gasteiger partial charge in [-0.15, -0.1) is 0 Å². The van der Waals surface area contributed by atoms with Crippen molar-refractivity contribution in [3.63, 3.8) is 0 Å². The van der Waals surface area contributed by atoms with Crippen LogP contribution in [0.1, 0.15) is 22.6 Å². The molecule has 2 N–H and O–H groups in total. The van der Waals surface area contributed by atoms with Crippen LogP contribution in [0.15, 0.2) is 35.2 Å². The van der Waals surface area contributed by atoms with Crippen LogP contribution in [0.25, 0.3) is 0 Å². The van der Waals surface area contributed by atoms with Crippen molar-refractivity contribution in [3.8, 4) is 11.5 Å². The topological polar surface area (TPSA) is 84.9 Å². The van der Waals surface area contributed by atoms with Crippen LogP contribution in [0.5, 0.6) is 11.5 Å². The number of nitrogens with one attached hydrogen (secondary N) is 1. The average molecular weight is 382 g/mol. The molecule has 0 bridgehead atoms. The Balaban J connectivity index is 1.81. The van der Waals surface area contributed by atoms with Gasteiger partial charge in [0.25, 0.3) is 10.1 Å². The summed E-state index contributed by atoms with van der Waals surface area (Å²) >= 11 is 6.54. The molecule has 0 amide bonds. The molecule has 0 saturated heterocycles. The van der Waals surface area contributed by atoms with Crippen molar-refractivity contribution in [1.29, 1.82) is 0 Å². The molecule has 0 aliphatic carbocycles. The van der Waals surface area contributed by atoms with Gasteiger partial charge in [0.05, 0.1) is 9.92 Å². The molecular weight excluding hydrogens is 366 g/mol. The van der Waals surface area contributed by atoms with Gasteiger partial charge in [-0.25, -0.2) is 0 Å². The van der Waals surface area contributed by atoms with E-state index in [4.69, 9.17) is 25.6 Å². The number of hydrogen-bond donors (Lipinski definition) is 2. The lowest BCUT2D eigenvalue weighted by atomic mass is 9.87. The van der Waals surface area contributed by atoms with Crippen LogP contribution in [-0.4, -0.2) is 32.9 Å². The molecule has 0 spiro atoms. The summed E-state index contributed by atoms with van der Waals surface area (Å²) in [5.74, 6) is 1.20. The van der Waals surface area contributed by atoms with Gasteiger partial charge < -0.3 is 14.8 Å². The Morgan fingerprint density at radius 3 is 2.68 bits per heavy atom. The second-order valence-electron chi connectivity index (χ2n) is 6.04. The fraction of sp³-hybridized carbons (Fsp3) is 0.294. The van der Waals surface area contributed by atoms with E-state index >= 15 is 0 Å². The summed E-state index contributed by atoms with van der Waals surface area (Å²) in [6.07, 6.45) is 0.768. The lowest BCUT2D eigenvalue weighted by Gasteiger charge is -2.20. The minimum absolute atomic E-state index is 0.0139. The van der Waals surface area contributed by atoms with E-state index in [2.05, 4.69) is 5.32 Å². The first-order chi connectivity index (χ1) is 11.9. The number of halogens is 1. The third-order valence-corrected chi connectivity index (χ3v) is 5.86. The summed E-state index contributed by atoms with van der Waals surface area (Å²) < 4.78 is 42.6. The smallest absolute Gasteiger partial charge is 0.294 e. The minimum atomic E-state index is -4.21. The normalized spacial score (nSPS) is 19.4. The van der Waals surface area contributed by atoms with Crippen molar-refractivity contribution < 1.29 is 22.4 Å². The molecular formula is C17H16ClNO5S. The van der Waals surface area contributed by atoms with Crippen LogP contribution in [0.4, 0.5) is 0 Å². The standard InChI is InChI=1S/C17H16ClNO5S/c18-16-12-5-6-19-8-14(13(12)7-15-17(16)24-9-23-15)10-1-3-11(4-2-10)25(20,21)22/h1-4,7,14,19H,5-6,8-9H2,(H,20,21,22). The maximum Gasteiger partial charge on any atom is 0.294 e. The van der Waals surface area contributed by atoms with Crippen LogP contribution in [0.3, 0.4) is 0 Å². The zero-order valence-corrected chi connectivity index (χ0v) is 14.7. The first kappa shape index (κ1) is 16.7. The molecule has 132 valence electrons. The number of fused-ring (bicyclic) bond motifs is 2. The summed E-state index contributed by atoms with van der Waals surface area (Å²) in [5.41, 5.74) is 2.98. The van der Waals surface area contributed by atoms with Crippen LogP contribution in [-0.2, 0) is 16.5 Å². The molecule has 2 heterocycles. The molecule has 0 fully saturated rings. The predicted octanol–water partition coefficient (Wildman–Crippen LogP) is 2.59. The largest absolute Gasteiger partial charge is 0.454 e. The second kappa shape index (κ2) is 6.17. The summed E-state index contributed by atoms with van der Waals surface area (Å²) in [6, 6.07) is 8.19. The first-order valence-electron chi connectivity index (χ1n) is 7.84. The maximum absolute atomic E-state index is 11.2. The van der Waals surface area contributed by atoms with Crippen molar-refractivity contribution >= 4 is 21.7 Å². The number of benzene rings is 2. The SMILES string of the molecule is O=S(=O)(O)c1ccc(C2CNCCc3c2cc2c(c3Cl)OCO2)cc1. The molecule has 2 aromatic carbocycles. The molecule has 0 saturated carbocycles. The molecule has 6 nitrogen and oxygen atoms in total. The number of rotatable bonds is 2. The Kier molecular flexibility index (Phi) is 4.11. The lowest BCUT2D eigenvalue weighted by Crippen LogP contribution is -2.20. The third kappa shape index (κ3) is 2.97. The van der Waals surface area contributed by atoms with E-state index in [1.807, 2.05) is 6.07 Å². The van der Waals surface area contributed by atoms with Crippen molar-refractivity contribution in [2.45, 2.75) is 17.2 Å². The molecule has 25 heavy (non-hydrogen) atoms. The Morgan fingerprint density at radius 2 is 1.96 bits per heavy atom. The number of hydrogen-bond acceptors (Lipinski definition) is 5. The summed E-state index contributed by atoms with van der Waals surface area (Å²) in [7, 11) is -4.21. The van der Waals surface area contributed by atoms with Gasteiger partial charge in [-0.3, -0.25) is 4.55 Å². The van der Waals surface area contributed by atoms with Gasteiger partial charge in [0.2, 0.25) is 6.79 Å². The van der Waals surface area contributed by atoms with Gasteiger partial charge in [-0.2, -0.15) is 8.42 Å². The van der Waals surface area contributed by atoms with Crippen molar-refractivity contribution in [3.05, 3.63) is 52.0 Å². The Bertz CT molecular complexity index is 927.